The Labute approximate surface area is 94.0 Å². The molecule has 0 aromatic carbocycles. The normalized spacial score (nSPS) is 15.3. The molecule has 2 rings (SSSR count). The Morgan fingerprint density at radius 2 is 2.13 bits per heavy atom. The van der Waals surface area contributed by atoms with Gasteiger partial charge in [-0.15, -0.1) is 0 Å². The monoisotopic (exact) mass is 227 g/mol. The van der Waals surface area contributed by atoms with Crippen LogP contribution >= 0.6 is 11.6 Å². The molecule has 0 unspecified atom stereocenters. The van der Waals surface area contributed by atoms with Crippen molar-refractivity contribution >= 4 is 17.5 Å². The minimum Gasteiger partial charge on any atom is -0.379 e. The first-order valence-corrected chi connectivity index (χ1v) is 5.51. The molecule has 0 amide bonds. The molecule has 0 aliphatic heterocycles. The second-order valence-electron chi connectivity index (χ2n) is 3.67. The lowest BCUT2D eigenvalue weighted by molar-refractivity contribution is 0.133. The molecule has 1 fully saturated rings. The lowest BCUT2D eigenvalue weighted by Gasteiger charge is -2.05. The maximum atomic E-state index is 5.66. The Balaban J connectivity index is 1.58. The van der Waals surface area contributed by atoms with Gasteiger partial charge in [-0.25, -0.2) is 9.97 Å². The molecule has 0 saturated heterocycles. The fourth-order valence-electron chi connectivity index (χ4n) is 1.17. The predicted molar refractivity (Wildman–Crippen MR) is 59.1 cm³/mol. The van der Waals surface area contributed by atoms with Crippen LogP contribution in [0.2, 0.25) is 5.02 Å². The van der Waals surface area contributed by atoms with E-state index in [-0.39, 0.29) is 0 Å². The zero-order valence-corrected chi connectivity index (χ0v) is 9.20. The van der Waals surface area contributed by atoms with Crippen LogP contribution in [0.1, 0.15) is 12.8 Å². The molecule has 1 N–H and O–H groups in total. The van der Waals surface area contributed by atoms with Crippen LogP contribution in [0.15, 0.2) is 12.4 Å². The van der Waals surface area contributed by atoms with Crippen molar-refractivity contribution in [2.45, 2.75) is 12.8 Å². The summed E-state index contributed by atoms with van der Waals surface area (Å²) in [4.78, 5) is 8.03. The van der Waals surface area contributed by atoms with Gasteiger partial charge in [0.2, 0.25) is 5.95 Å². The number of aromatic nitrogens is 2. The molecule has 0 atom stereocenters. The molecule has 1 aromatic rings. The summed E-state index contributed by atoms with van der Waals surface area (Å²) in [7, 11) is 0. The third-order valence-electron chi connectivity index (χ3n) is 2.20. The standard InChI is InChI=1S/C10H14ClN3O/c11-9-5-13-10(14-6-9)12-3-4-15-7-8-1-2-8/h5-6,8H,1-4,7H2,(H,12,13,14). The molecule has 15 heavy (non-hydrogen) atoms. The Morgan fingerprint density at radius 3 is 2.80 bits per heavy atom. The summed E-state index contributed by atoms with van der Waals surface area (Å²) in [5, 5.41) is 3.61. The van der Waals surface area contributed by atoms with Gasteiger partial charge in [-0.2, -0.15) is 0 Å². The van der Waals surface area contributed by atoms with Gasteiger partial charge in [0.15, 0.2) is 0 Å². The molecule has 0 radical (unpaired) electrons. The molecule has 4 nitrogen and oxygen atoms in total. The van der Waals surface area contributed by atoms with Crippen molar-refractivity contribution in [1.29, 1.82) is 0 Å². The van der Waals surface area contributed by atoms with Crippen molar-refractivity contribution in [2.24, 2.45) is 5.92 Å². The van der Waals surface area contributed by atoms with E-state index < -0.39 is 0 Å². The van der Waals surface area contributed by atoms with E-state index >= 15 is 0 Å². The number of ether oxygens (including phenoxy) is 1. The van der Waals surface area contributed by atoms with Gasteiger partial charge < -0.3 is 10.1 Å². The van der Waals surface area contributed by atoms with Gasteiger partial charge >= 0.3 is 0 Å². The fourth-order valence-corrected chi connectivity index (χ4v) is 1.27. The Bertz CT molecular complexity index is 300. The second-order valence-corrected chi connectivity index (χ2v) is 4.11. The number of nitrogens with zero attached hydrogens (tertiary/aromatic N) is 2. The molecule has 5 heteroatoms. The van der Waals surface area contributed by atoms with Crippen LogP contribution in [0.3, 0.4) is 0 Å². The van der Waals surface area contributed by atoms with E-state index in [2.05, 4.69) is 15.3 Å². The first-order chi connectivity index (χ1) is 7.34. The van der Waals surface area contributed by atoms with Crippen molar-refractivity contribution in [3.63, 3.8) is 0 Å². The SMILES string of the molecule is Clc1cnc(NCCOCC2CC2)nc1. The van der Waals surface area contributed by atoms with Crippen LogP contribution in [-0.4, -0.2) is 29.7 Å². The molecule has 1 aliphatic carbocycles. The summed E-state index contributed by atoms with van der Waals surface area (Å²) in [6.45, 7) is 2.32. The number of nitrogens with one attached hydrogen (secondary N) is 1. The average molecular weight is 228 g/mol. The molecule has 1 aliphatic rings. The van der Waals surface area contributed by atoms with E-state index in [0.717, 1.165) is 19.1 Å². The van der Waals surface area contributed by atoms with E-state index in [1.807, 2.05) is 0 Å². The van der Waals surface area contributed by atoms with Crippen LogP contribution in [0.5, 0.6) is 0 Å². The quantitative estimate of drug-likeness (QED) is 0.755. The third kappa shape index (κ3) is 4.01. The van der Waals surface area contributed by atoms with Crippen LogP contribution in [-0.2, 0) is 4.74 Å². The van der Waals surface area contributed by atoms with Crippen molar-refractivity contribution in [3.8, 4) is 0 Å². The zero-order valence-electron chi connectivity index (χ0n) is 8.45. The molecular weight excluding hydrogens is 214 g/mol. The van der Waals surface area contributed by atoms with Gasteiger partial charge in [0.25, 0.3) is 0 Å². The highest BCUT2D eigenvalue weighted by Crippen LogP contribution is 2.28. The first kappa shape index (κ1) is 10.6. The Hall–Kier alpha value is -0.870. The number of hydrogen-bond donors (Lipinski definition) is 1. The number of halogens is 1. The highest BCUT2D eigenvalue weighted by atomic mass is 35.5. The van der Waals surface area contributed by atoms with E-state index in [0.29, 0.717) is 17.6 Å². The van der Waals surface area contributed by atoms with E-state index in [1.165, 1.54) is 12.8 Å². The molecule has 82 valence electrons. The highest BCUT2D eigenvalue weighted by Gasteiger charge is 2.20. The Kier molecular flexibility index (Phi) is 3.75. The molecule has 1 aromatic heterocycles. The molecular formula is C10H14ClN3O. The summed E-state index contributed by atoms with van der Waals surface area (Å²) < 4.78 is 5.46. The third-order valence-corrected chi connectivity index (χ3v) is 2.40. The van der Waals surface area contributed by atoms with Crippen LogP contribution in [0, 0.1) is 5.92 Å². The van der Waals surface area contributed by atoms with Gasteiger partial charge in [0.05, 0.1) is 24.0 Å². The lowest BCUT2D eigenvalue weighted by Crippen LogP contribution is -2.12. The summed E-state index contributed by atoms with van der Waals surface area (Å²) in [5.41, 5.74) is 0. The van der Waals surface area contributed by atoms with Crippen molar-refractivity contribution in [2.75, 3.05) is 25.1 Å². The van der Waals surface area contributed by atoms with Gasteiger partial charge in [0, 0.05) is 13.2 Å². The molecule has 1 saturated carbocycles. The molecule has 0 spiro atoms. The molecule has 1 heterocycles. The van der Waals surface area contributed by atoms with Crippen LogP contribution in [0.4, 0.5) is 5.95 Å². The molecule has 0 bridgehead atoms. The van der Waals surface area contributed by atoms with Crippen LogP contribution in [0.25, 0.3) is 0 Å². The first-order valence-electron chi connectivity index (χ1n) is 5.14. The van der Waals surface area contributed by atoms with Crippen LogP contribution < -0.4 is 5.32 Å². The summed E-state index contributed by atoms with van der Waals surface area (Å²) in [5.74, 6) is 1.41. The second kappa shape index (κ2) is 5.28. The number of rotatable bonds is 6. The van der Waals surface area contributed by atoms with Crippen molar-refractivity contribution in [3.05, 3.63) is 17.4 Å². The Morgan fingerprint density at radius 1 is 1.40 bits per heavy atom. The maximum Gasteiger partial charge on any atom is 0.222 e. The van der Waals surface area contributed by atoms with Gasteiger partial charge in [0.1, 0.15) is 0 Å². The topological polar surface area (TPSA) is 47.0 Å². The van der Waals surface area contributed by atoms with Gasteiger partial charge in [-0.05, 0) is 18.8 Å². The summed E-state index contributed by atoms with van der Waals surface area (Å²) in [6, 6.07) is 0. The minimum absolute atomic E-state index is 0.547. The summed E-state index contributed by atoms with van der Waals surface area (Å²) in [6.07, 6.45) is 5.80. The average Bonchev–Trinajstić information content (AvgIpc) is 3.04. The van der Waals surface area contributed by atoms with E-state index in [1.54, 1.807) is 12.4 Å². The van der Waals surface area contributed by atoms with E-state index in [9.17, 15) is 0 Å². The number of anilines is 1. The number of hydrogen-bond acceptors (Lipinski definition) is 4. The van der Waals surface area contributed by atoms with Crippen molar-refractivity contribution in [1.82, 2.24) is 9.97 Å². The van der Waals surface area contributed by atoms with Gasteiger partial charge in [-0.1, -0.05) is 11.6 Å². The smallest absolute Gasteiger partial charge is 0.222 e. The fraction of sp³-hybridized carbons (Fsp3) is 0.600. The minimum atomic E-state index is 0.547. The summed E-state index contributed by atoms with van der Waals surface area (Å²) >= 11 is 5.66. The lowest BCUT2D eigenvalue weighted by atomic mass is 10.5. The largest absolute Gasteiger partial charge is 0.379 e. The van der Waals surface area contributed by atoms with Crippen molar-refractivity contribution < 1.29 is 4.74 Å². The highest BCUT2D eigenvalue weighted by molar-refractivity contribution is 6.30. The van der Waals surface area contributed by atoms with E-state index in [4.69, 9.17) is 16.3 Å². The van der Waals surface area contributed by atoms with Gasteiger partial charge in [-0.3, -0.25) is 0 Å². The predicted octanol–water partition coefficient (Wildman–Crippen LogP) is 1.97. The zero-order chi connectivity index (χ0) is 10.5. The maximum absolute atomic E-state index is 5.66.